The molecule has 1 saturated heterocycles. The fourth-order valence-corrected chi connectivity index (χ4v) is 3.48. The first-order valence-electron chi connectivity index (χ1n) is 6.57. The number of aromatic hydroxyl groups is 1. The van der Waals surface area contributed by atoms with Crippen LogP contribution in [0.3, 0.4) is 0 Å². The van der Waals surface area contributed by atoms with Gasteiger partial charge in [0, 0.05) is 0 Å². The molecule has 2 rings (SSSR count). The molecule has 1 aromatic rings. The summed E-state index contributed by atoms with van der Waals surface area (Å²) < 4.78 is 31.8. The number of rotatable bonds is 3. The Bertz CT molecular complexity index is 603. The van der Waals surface area contributed by atoms with Crippen molar-refractivity contribution in [3.05, 3.63) is 29.3 Å². The van der Waals surface area contributed by atoms with E-state index in [1.165, 1.54) is 7.11 Å². The normalized spacial score (nSPS) is 16.9. The lowest BCUT2D eigenvalue weighted by Crippen LogP contribution is -2.57. The highest BCUT2D eigenvalue weighted by Crippen LogP contribution is 2.29. The molecule has 22 heavy (non-hydrogen) atoms. The summed E-state index contributed by atoms with van der Waals surface area (Å²) >= 11 is 1.63. The third-order valence-electron chi connectivity index (χ3n) is 3.58. The second-order valence-corrected chi connectivity index (χ2v) is 6.13. The molecule has 0 aromatic heterocycles. The minimum absolute atomic E-state index is 0.346. The Morgan fingerprint density at radius 3 is 2.50 bits per heavy atom. The van der Waals surface area contributed by atoms with Crippen LogP contribution in [0.2, 0.25) is 0 Å². The van der Waals surface area contributed by atoms with E-state index in [-0.39, 0.29) is 0 Å². The van der Waals surface area contributed by atoms with Gasteiger partial charge in [0.2, 0.25) is 5.82 Å². The minimum atomic E-state index is -1.50. The summed E-state index contributed by atoms with van der Waals surface area (Å²) in [6, 6.07) is 1.85. The van der Waals surface area contributed by atoms with E-state index < -0.39 is 40.4 Å². The van der Waals surface area contributed by atoms with Crippen molar-refractivity contribution >= 4 is 23.6 Å². The van der Waals surface area contributed by atoms with Gasteiger partial charge >= 0.3 is 5.97 Å². The molecule has 0 radical (unpaired) electrons. The Balaban J connectivity index is 2.29. The number of ether oxygens (including phenoxy) is 1. The number of amides is 1. The number of esters is 1. The quantitative estimate of drug-likeness (QED) is 0.827. The van der Waals surface area contributed by atoms with Gasteiger partial charge in [0.25, 0.3) is 5.91 Å². The van der Waals surface area contributed by atoms with Crippen LogP contribution in [0.15, 0.2) is 12.1 Å². The highest BCUT2D eigenvalue weighted by Gasteiger charge is 2.42. The zero-order valence-electron chi connectivity index (χ0n) is 11.8. The first-order valence-corrected chi connectivity index (χ1v) is 7.72. The standard InChI is InChI=1S/C14H15F2NO4S/c1-21-13(20)14(4-6-22-7-5-14)17-12(19)8-2-3-9(18)11(16)10(8)15/h2-3,18H,4-7H2,1H3,(H,17,19). The van der Waals surface area contributed by atoms with E-state index in [4.69, 9.17) is 9.84 Å². The van der Waals surface area contributed by atoms with E-state index in [1.807, 2.05) is 0 Å². The average Bonchev–Trinajstić information content (AvgIpc) is 2.52. The van der Waals surface area contributed by atoms with E-state index in [0.717, 1.165) is 12.1 Å². The van der Waals surface area contributed by atoms with Crippen LogP contribution in [0.4, 0.5) is 8.78 Å². The molecule has 5 nitrogen and oxygen atoms in total. The fourth-order valence-electron chi connectivity index (χ4n) is 2.29. The Morgan fingerprint density at radius 2 is 1.91 bits per heavy atom. The van der Waals surface area contributed by atoms with Crippen molar-refractivity contribution in [2.45, 2.75) is 18.4 Å². The summed E-state index contributed by atoms with van der Waals surface area (Å²) in [5, 5.41) is 11.6. The molecule has 0 bridgehead atoms. The monoisotopic (exact) mass is 331 g/mol. The second kappa shape index (κ2) is 6.51. The molecule has 8 heteroatoms. The van der Waals surface area contributed by atoms with E-state index in [9.17, 15) is 18.4 Å². The Hall–Kier alpha value is -1.83. The molecule has 1 amide bonds. The first kappa shape index (κ1) is 16.5. The smallest absolute Gasteiger partial charge is 0.331 e. The number of benzene rings is 1. The largest absolute Gasteiger partial charge is 0.505 e. The van der Waals surface area contributed by atoms with Crippen molar-refractivity contribution < 1.29 is 28.2 Å². The first-order chi connectivity index (χ1) is 10.4. The number of hydrogen-bond donors (Lipinski definition) is 2. The van der Waals surface area contributed by atoms with E-state index in [0.29, 0.717) is 24.3 Å². The third kappa shape index (κ3) is 3.01. The summed E-state index contributed by atoms with van der Waals surface area (Å²) in [4.78, 5) is 24.2. The molecule has 2 N–H and O–H groups in total. The molecule has 1 aromatic carbocycles. The van der Waals surface area contributed by atoms with Crippen LogP contribution in [0.5, 0.6) is 5.75 Å². The Labute approximate surface area is 130 Å². The molecule has 0 aliphatic carbocycles. The molecular formula is C14H15F2NO4S. The van der Waals surface area contributed by atoms with Gasteiger partial charge < -0.3 is 15.2 Å². The number of nitrogens with one attached hydrogen (secondary N) is 1. The van der Waals surface area contributed by atoms with Crippen molar-refractivity contribution in [2.24, 2.45) is 0 Å². The van der Waals surface area contributed by atoms with Gasteiger partial charge in [-0.2, -0.15) is 16.2 Å². The van der Waals surface area contributed by atoms with Gasteiger partial charge in [0.15, 0.2) is 11.6 Å². The van der Waals surface area contributed by atoms with Crippen LogP contribution < -0.4 is 5.32 Å². The number of hydrogen-bond acceptors (Lipinski definition) is 5. The number of carbonyl (C=O) groups excluding carboxylic acids is 2. The molecule has 1 heterocycles. The predicted molar refractivity (Wildman–Crippen MR) is 76.8 cm³/mol. The van der Waals surface area contributed by atoms with Crippen molar-refractivity contribution in [1.82, 2.24) is 5.32 Å². The zero-order chi connectivity index (χ0) is 16.3. The number of methoxy groups -OCH3 is 1. The van der Waals surface area contributed by atoms with Gasteiger partial charge in [-0.3, -0.25) is 4.79 Å². The molecule has 0 unspecified atom stereocenters. The van der Waals surface area contributed by atoms with Crippen LogP contribution in [-0.2, 0) is 9.53 Å². The second-order valence-electron chi connectivity index (χ2n) is 4.90. The molecule has 1 fully saturated rings. The van der Waals surface area contributed by atoms with Gasteiger partial charge in [0.1, 0.15) is 5.54 Å². The minimum Gasteiger partial charge on any atom is -0.505 e. The van der Waals surface area contributed by atoms with Crippen LogP contribution in [0.25, 0.3) is 0 Å². The maximum absolute atomic E-state index is 13.8. The maximum atomic E-state index is 13.8. The molecule has 1 aliphatic heterocycles. The van der Waals surface area contributed by atoms with Crippen LogP contribution in [0, 0.1) is 11.6 Å². The number of thioether (sulfide) groups is 1. The summed E-state index contributed by atoms with van der Waals surface area (Å²) in [7, 11) is 1.21. The summed E-state index contributed by atoms with van der Waals surface area (Å²) in [6.45, 7) is 0. The Kier molecular flexibility index (Phi) is 4.90. The fraction of sp³-hybridized carbons (Fsp3) is 0.429. The van der Waals surface area contributed by atoms with Crippen molar-refractivity contribution in [3.63, 3.8) is 0 Å². The zero-order valence-corrected chi connectivity index (χ0v) is 12.6. The summed E-state index contributed by atoms with van der Waals surface area (Å²) in [6.07, 6.45) is 0.691. The van der Waals surface area contributed by atoms with E-state index in [2.05, 4.69) is 5.32 Å². The van der Waals surface area contributed by atoms with Crippen LogP contribution >= 0.6 is 11.8 Å². The lowest BCUT2D eigenvalue weighted by atomic mass is 9.91. The molecule has 0 atom stereocenters. The SMILES string of the molecule is COC(=O)C1(NC(=O)c2ccc(O)c(F)c2F)CCSCC1. The highest BCUT2D eigenvalue weighted by atomic mass is 32.2. The average molecular weight is 331 g/mol. The number of phenolic OH excluding ortho intramolecular Hbond substituents is 1. The van der Waals surface area contributed by atoms with Gasteiger partial charge in [-0.25, -0.2) is 9.18 Å². The summed E-state index contributed by atoms with van der Waals surface area (Å²) in [5.74, 6) is -4.09. The third-order valence-corrected chi connectivity index (χ3v) is 4.57. The number of phenols is 1. The van der Waals surface area contributed by atoms with Crippen LogP contribution in [0.1, 0.15) is 23.2 Å². The lowest BCUT2D eigenvalue weighted by molar-refractivity contribution is -0.148. The van der Waals surface area contributed by atoms with Crippen molar-refractivity contribution in [2.75, 3.05) is 18.6 Å². The molecule has 120 valence electrons. The topological polar surface area (TPSA) is 75.6 Å². The molecule has 0 saturated carbocycles. The molecule has 1 aliphatic rings. The van der Waals surface area contributed by atoms with Crippen molar-refractivity contribution in [3.8, 4) is 5.75 Å². The maximum Gasteiger partial charge on any atom is 0.331 e. The summed E-state index contributed by atoms with van der Waals surface area (Å²) in [5.41, 5.74) is -1.81. The van der Waals surface area contributed by atoms with Gasteiger partial charge in [0.05, 0.1) is 12.7 Å². The van der Waals surface area contributed by atoms with Gasteiger partial charge in [-0.15, -0.1) is 0 Å². The number of halogens is 2. The Morgan fingerprint density at radius 1 is 1.27 bits per heavy atom. The predicted octanol–water partition coefficient (Wildman–Crippen LogP) is 1.84. The number of carbonyl (C=O) groups is 2. The van der Waals surface area contributed by atoms with E-state index >= 15 is 0 Å². The highest BCUT2D eigenvalue weighted by molar-refractivity contribution is 7.99. The molecule has 0 spiro atoms. The van der Waals surface area contributed by atoms with Gasteiger partial charge in [-0.1, -0.05) is 0 Å². The van der Waals surface area contributed by atoms with Crippen LogP contribution in [-0.4, -0.2) is 41.1 Å². The molecular weight excluding hydrogens is 316 g/mol. The van der Waals surface area contributed by atoms with Gasteiger partial charge in [-0.05, 0) is 36.5 Å². The lowest BCUT2D eigenvalue weighted by Gasteiger charge is -2.34. The van der Waals surface area contributed by atoms with E-state index in [1.54, 1.807) is 11.8 Å². The van der Waals surface area contributed by atoms with Crippen molar-refractivity contribution in [1.29, 1.82) is 0 Å².